The van der Waals surface area contributed by atoms with E-state index in [2.05, 4.69) is 37.0 Å². The third-order valence-corrected chi connectivity index (χ3v) is 5.78. The molecule has 0 N–H and O–H groups in total. The van der Waals surface area contributed by atoms with Crippen molar-refractivity contribution in [3.05, 3.63) is 53.1 Å². The maximum Gasteiger partial charge on any atom is 0.331 e. The van der Waals surface area contributed by atoms with Gasteiger partial charge < -0.3 is 14.2 Å². The number of rotatable bonds is 4. The highest BCUT2D eigenvalue weighted by Crippen LogP contribution is 2.48. The predicted octanol–water partition coefficient (Wildman–Crippen LogP) is 3.20. The molecule has 1 aromatic rings. The molecule has 2 heterocycles. The minimum atomic E-state index is -0.280. The van der Waals surface area contributed by atoms with Gasteiger partial charge in [0.15, 0.2) is 0 Å². The molecule has 0 aromatic heterocycles. The van der Waals surface area contributed by atoms with Crippen molar-refractivity contribution < 1.29 is 19.0 Å². The lowest BCUT2D eigenvalue weighted by Gasteiger charge is -2.31. The van der Waals surface area contributed by atoms with Crippen molar-refractivity contribution in [1.29, 1.82) is 0 Å². The molecule has 0 bridgehead atoms. The van der Waals surface area contributed by atoms with Crippen LogP contribution < -0.4 is 4.74 Å². The summed E-state index contributed by atoms with van der Waals surface area (Å²) in [6.45, 7) is 8.79. The third-order valence-electron chi connectivity index (χ3n) is 5.78. The Bertz CT molecular complexity index is 785. The number of morpholine rings is 1. The minimum absolute atomic E-state index is 0. The number of allylic oxidation sites excluding steroid dienone is 1. The van der Waals surface area contributed by atoms with Gasteiger partial charge in [0.05, 0.1) is 18.6 Å². The lowest BCUT2D eigenvalue weighted by molar-refractivity contribution is -0.138. The van der Waals surface area contributed by atoms with Crippen LogP contribution in [-0.4, -0.2) is 56.4 Å². The van der Waals surface area contributed by atoms with Gasteiger partial charge in [-0.2, -0.15) is 0 Å². The molecule has 152 valence electrons. The van der Waals surface area contributed by atoms with Gasteiger partial charge in [-0.3, -0.25) is 4.90 Å². The molecule has 1 aromatic carbocycles. The molecular formula is C22H28ClNO4. The molecule has 1 saturated heterocycles. The number of ether oxygens (including phenoxy) is 3. The lowest BCUT2D eigenvalue weighted by Crippen LogP contribution is -2.38. The van der Waals surface area contributed by atoms with Crippen LogP contribution in [0.4, 0.5) is 0 Å². The van der Waals surface area contributed by atoms with E-state index in [0.29, 0.717) is 13.0 Å². The first-order valence-corrected chi connectivity index (χ1v) is 9.69. The average Bonchev–Trinajstić information content (AvgIpc) is 2.94. The Kier molecular flexibility index (Phi) is 6.48. The average molecular weight is 406 g/mol. The maximum atomic E-state index is 12.2. The molecule has 5 nitrogen and oxygen atoms in total. The van der Waals surface area contributed by atoms with Crippen molar-refractivity contribution in [2.75, 3.05) is 39.5 Å². The molecule has 2 aliphatic heterocycles. The van der Waals surface area contributed by atoms with E-state index in [4.69, 9.17) is 14.2 Å². The molecular weight excluding hydrogens is 378 g/mol. The van der Waals surface area contributed by atoms with Crippen molar-refractivity contribution in [3.63, 3.8) is 0 Å². The van der Waals surface area contributed by atoms with Crippen LogP contribution in [0.3, 0.4) is 0 Å². The quantitative estimate of drug-likeness (QED) is 0.568. The Morgan fingerprint density at radius 3 is 2.93 bits per heavy atom. The number of esters is 1. The molecule has 2 atom stereocenters. The second-order valence-corrected chi connectivity index (χ2v) is 7.77. The Hall–Kier alpha value is -1.82. The van der Waals surface area contributed by atoms with Gasteiger partial charge in [0.25, 0.3) is 0 Å². The molecule has 0 spiro atoms. The number of hydrogen-bond donors (Lipinski definition) is 0. The molecule has 0 radical (unpaired) electrons. The molecule has 3 aliphatic rings. The number of carbonyl (C=O) groups excluding carboxylic acids is 1. The fourth-order valence-electron chi connectivity index (χ4n) is 4.03. The Morgan fingerprint density at radius 1 is 1.36 bits per heavy atom. The number of benzene rings is 1. The van der Waals surface area contributed by atoms with E-state index >= 15 is 0 Å². The van der Waals surface area contributed by atoms with E-state index in [9.17, 15) is 4.79 Å². The van der Waals surface area contributed by atoms with Gasteiger partial charge in [0, 0.05) is 37.7 Å². The zero-order chi connectivity index (χ0) is 18.9. The topological polar surface area (TPSA) is 48.0 Å². The summed E-state index contributed by atoms with van der Waals surface area (Å²) >= 11 is 0. The van der Waals surface area contributed by atoms with Crippen LogP contribution in [0.2, 0.25) is 0 Å². The molecule has 0 amide bonds. The number of aryl methyl sites for hydroxylation is 1. The van der Waals surface area contributed by atoms with E-state index in [-0.39, 0.29) is 29.9 Å². The zero-order valence-corrected chi connectivity index (χ0v) is 17.3. The fraction of sp³-hybridized carbons (Fsp3) is 0.500. The van der Waals surface area contributed by atoms with Gasteiger partial charge in [-0.25, -0.2) is 4.79 Å². The third kappa shape index (κ3) is 4.27. The number of nitrogens with zero attached hydrogens (tertiary/aromatic N) is 1. The Labute approximate surface area is 172 Å². The Morgan fingerprint density at radius 2 is 2.14 bits per heavy atom. The normalized spacial score (nSPS) is 27.5. The lowest BCUT2D eigenvalue weighted by atomic mass is 9.73. The van der Waals surface area contributed by atoms with Crippen LogP contribution in [0, 0.1) is 6.92 Å². The van der Waals surface area contributed by atoms with Crippen molar-refractivity contribution >= 4 is 18.4 Å². The van der Waals surface area contributed by atoms with Crippen LogP contribution in [0.15, 0.2) is 42.0 Å². The molecule has 4 rings (SSSR count). The van der Waals surface area contributed by atoms with Crippen molar-refractivity contribution in [1.82, 2.24) is 4.90 Å². The first-order valence-electron chi connectivity index (χ1n) is 9.69. The van der Waals surface area contributed by atoms with Crippen LogP contribution in [0.1, 0.15) is 24.5 Å². The van der Waals surface area contributed by atoms with Crippen LogP contribution in [0.5, 0.6) is 5.75 Å². The van der Waals surface area contributed by atoms with Crippen molar-refractivity contribution in [3.8, 4) is 5.75 Å². The summed E-state index contributed by atoms with van der Waals surface area (Å²) in [4.78, 5) is 14.4. The van der Waals surface area contributed by atoms with Crippen molar-refractivity contribution in [2.24, 2.45) is 0 Å². The summed E-state index contributed by atoms with van der Waals surface area (Å²) in [5.41, 5.74) is 3.28. The van der Waals surface area contributed by atoms with Gasteiger partial charge in [-0.05, 0) is 25.5 Å². The molecule has 2 unspecified atom stereocenters. The standard InChI is InChI=1S/C22H27NO4.ClH/c1-16-3-4-19-18(13-16)22(2)6-5-17(14-20(22)27-19)15-21(24)26-12-9-23-7-10-25-11-8-23;/h3-6,13,15,20H,7-12,14H2,1-2H3;1H/b17-15-;. The molecule has 0 saturated carbocycles. The summed E-state index contributed by atoms with van der Waals surface area (Å²) in [5, 5.41) is 0. The van der Waals surface area contributed by atoms with Gasteiger partial charge in [0.2, 0.25) is 0 Å². The number of halogens is 1. The minimum Gasteiger partial charge on any atom is -0.489 e. The van der Waals surface area contributed by atoms with E-state index in [1.807, 2.05) is 12.1 Å². The molecule has 6 heteroatoms. The number of carbonyl (C=O) groups is 1. The largest absolute Gasteiger partial charge is 0.489 e. The number of fused-ring (bicyclic) bond motifs is 3. The highest BCUT2D eigenvalue weighted by molar-refractivity contribution is 5.85. The molecule has 28 heavy (non-hydrogen) atoms. The van der Waals surface area contributed by atoms with E-state index in [1.165, 1.54) is 11.1 Å². The monoisotopic (exact) mass is 405 g/mol. The van der Waals surface area contributed by atoms with Gasteiger partial charge in [0.1, 0.15) is 18.5 Å². The molecule has 1 fully saturated rings. The predicted molar refractivity (Wildman–Crippen MR) is 110 cm³/mol. The van der Waals surface area contributed by atoms with E-state index in [1.54, 1.807) is 6.08 Å². The van der Waals surface area contributed by atoms with Crippen LogP contribution >= 0.6 is 12.4 Å². The van der Waals surface area contributed by atoms with E-state index in [0.717, 1.165) is 44.2 Å². The Balaban J connectivity index is 0.00000225. The maximum absolute atomic E-state index is 12.2. The first-order chi connectivity index (χ1) is 13.0. The summed E-state index contributed by atoms with van der Waals surface area (Å²) in [7, 11) is 0. The van der Waals surface area contributed by atoms with E-state index < -0.39 is 0 Å². The van der Waals surface area contributed by atoms with Gasteiger partial charge >= 0.3 is 5.97 Å². The molecule has 1 aliphatic carbocycles. The fourth-order valence-corrected chi connectivity index (χ4v) is 4.03. The van der Waals surface area contributed by atoms with Crippen molar-refractivity contribution in [2.45, 2.75) is 31.8 Å². The highest BCUT2D eigenvalue weighted by atomic mass is 35.5. The van der Waals surface area contributed by atoms with Gasteiger partial charge in [-0.1, -0.05) is 29.8 Å². The SMILES string of the molecule is Cc1ccc2c(c1)C1(C)C=C/C(=C/C(=O)OCCN3CCOCC3)CC1O2.Cl. The summed E-state index contributed by atoms with van der Waals surface area (Å²) in [6, 6.07) is 6.32. The zero-order valence-electron chi connectivity index (χ0n) is 16.5. The number of hydrogen-bond acceptors (Lipinski definition) is 5. The van der Waals surface area contributed by atoms with Crippen LogP contribution in [-0.2, 0) is 19.7 Å². The summed E-state index contributed by atoms with van der Waals surface area (Å²) in [6.07, 6.45) is 6.54. The second-order valence-electron chi connectivity index (χ2n) is 7.77. The smallest absolute Gasteiger partial charge is 0.331 e. The second kappa shape index (κ2) is 8.68. The summed E-state index contributed by atoms with van der Waals surface area (Å²) < 4.78 is 16.9. The first kappa shape index (κ1) is 20.9. The summed E-state index contributed by atoms with van der Waals surface area (Å²) in [5.74, 6) is 0.671. The van der Waals surface area contributed by atoms with Crippen LogP contribution in [0.25, 0.3) is 0 Å². The highest BCUT2D eigenvalue weighted by Gasteiger charge is 2.45. The van der Waals surface area contributed by atoms with Gasteiger partial charge in [-0.15, -0.1) is 12.4 Å².